The van der Waals surface area contributed by atoms with Crippen molar-refractivity contribution in [2.75, 3.05) is 0 Å². The van der Waals surface area contributed by atoms with Crippen molar-refractivity contribution in [2.45, 2.75) is 77.7 Å². The standard InChI is InChI=1S/C21H31FO2/c1-12(23)17-4-5-18-15-10-19(22)16-11-20(2,24)8-6-14(16)13(15)7-9-21(17,18)3/h13-15,17-18,24H,4-11H2,1-3H3/t13-,14-,15-,17-,18+,20+,21-/m1/s1. The van der Waals surface area contributed by atoms with Crippen molar-refractivity contribution in [2.24, 2.45) is 35.0 Å². The summed E-state index contributed by atoms with van der Waals surface area (Å²) in [6, 6.07) is 0. The SMILES string of the molecule is CC(=O)[C@H]1CC[C@H]2[C@@H]3CC(F)=C4C[C@@](C)(O)CC[C@@H]4[C@H]3CC[C@]12C. The van der Waals surface area contributed by atoms with Gasteiger partial charge in [0.15, 0.2) is 0 Å². The van der Waals surface area contributed by atoms with E-state index in [9.17, 15) is 14.3 Å². The summed E-state index contributed by atoms with van der Waals surface area (Å²) >= 11 is 0. The highest BCUT2D eigenvalue weighted by Gasteiger charge is 2.58. The van der Waals surface area contributed by atoms with Gasteiger partial charge >= 0.3 is 0 Å². The van der Waals surface area contributed by atoms with E-state index in [2.05, 4.69) is 6.92 Å². The van der Waals surface area contributed by atoms with Crippen molar-refractivity contribution in [3.8, 4) is 0 Å². The molecule has 0 bridgehead atoms. The molecule has 0 unspecified atom stereocenters. The van der Waals surface area contributed by atoms with E-state index in [1.54, 1.807) is 6.92 Å². The lowest BCUT2D eigenvalue weighted by molar-refractivity contribution is -0.126. The van der Waals surface area contributed by atoms with Gasteiger partial charge in [0.1, 0.15) is 5.78 Å². The Morgan fingerprint density at radius 3 is 2.58 bits per heavy atom. The molecule has 134 valence electrons. The largest absolute Gasteiger partial charge is 0.390 e. The Bertz CT molecular complexity index is 593. The van der Waals surface area contributed by atoms with Crippen LogP contribution in [0.2, 0.25) is 0 Å². The third-order valence-electron chi connectivity index (χ3n) is 8.28. The summed E-state index contributed by atoms with van der Waals surface area (Å²) in [5.41, 5.74) is 0.286. The second-order valence-corrected chi connectivity index (χ2v) is 9.67. The summed E-state index contributed by atoms with van der Waals surface area (Å²) in [7, 11) is 0. The maximum atomic E-state index is 15.0. The first-order chi connectivity index (χ1) is 11.2. The average molecular weight is 334 g/mol. The first-order valence-corrected chi connectivity index (χ1v) is 9.83. The molecule has 24 heavy (non-hydrogen) atoms. The van der Waals surface area contributed by atoms with Crippen LogP contribution in [0.25, 0.3) is 0 Å². The summed E-state index contributed by atoms with van der Waals surface area (Å²) in [4.78, 5) is 12.1. The number of fused-ring (bicyclic) bond motifs is 5. The van der Waals surface area contributed by atoms with Crippen LogP contribution in [-0.2, 0) is 4.79 Å². The van der Waals surface area contributed by atoms with Crippen LogP contribution in [0, 0.1) is 35.0 Å². The summed E-state index contributed by atoms with van der Waals surface area (Å²) in [6.45, 7) is 5.89. The first-order valence-electron chi connectivity index (χ1n) is 9.83. The minimum Gasteiger partial charge on any atom is -0.390 e. The van der Waals surface area contributed by atoms with Crippen molar-refractivity contribution in [3.05, 3.63) is 11.4 Å². The fourth-order valence-electron chi connectivity index (χ4n) is 7.16. The van der Waals surface area contributed by atoms with E-state index >= 15 is 0 Å². The molecule has 0 aromatic rings. The summed E-state index contributed by atoms with van der Waals surface area (Å²) in [6.07, 6.45) is 7.12. The number of halogens is 1. The number of hydrogen-bond donors (Lipinski definition) is 1. The van der Waals surface area contributed by atoms with Gasteiger partial charge in [0.2, 0.25) is 0 Å². The Morgan fingerprint density at radius 1 is 1.12 bits per heavy atom. The fraction of sp³-hybridized carbons (Fsp3) is 0.857. The van der Waals surface area contributed by atoms with Crippen LogP contribution in [0.3, 0.4) is 0 Å². The zero-order valence-electron chi connectivity index (χ0n) is 15.3. The highest BCUT2D eigenvalue weighted by molar-refractivity contribution is 5.79. The van der Waals surface area contributed by atoms with Crippen LogP contribution in [0.15, 0.2) is 11.4 Å². The topological polar surface area (TPSA) is 37.3 Å². The molecule has 4 rings (SSSR count). The second-order valence-electron chi connectivity index (χ2n) is 9.67. The molecular weight excluding hydrogens is 303 g/mol. The normalized spacial score (nSPS) is 51.0. The van der Waals surface area contributed by atoms with Crippen LogP contribution < -0.4 is 0 Å². The van der Waals surface area contributed by atoms with Gasteiger partial charge in [0, 0.05) is 12.3 Å². The molecule has 0 heterocycles. The van der Waals surface area contributed by atoms with Gasteiger partial charge in [0.05, 0.1) is 11.4 Å². The molecule has 0 aromatic carbocycles. The van der Waals surface area contributed by atoms with Crippen LogP contribution in [0.5, 0.6) is 0 Å². The zero-order valence-corrected chi connectivity index (χ0v) is 15.3. The first kappa shape index (κ1) is 16.8. The molecule has 0 aliphatic heterocycles. The van der Waals surface area contributed by atoms with Crippen molar-refractivity contribution in [1.29, 1.82) is 0 Å². The molecule has 0 radical (unpaired) electrons. The lowest BCUT2D eigenvalue weighted by Gasteiger charge is -2.54. The molecule has 2 nitrogen and oxygen atoms in total. The van der Waals surface area contributed by atoms with Gasteiger partial charge in [0.25, 0.3) is 0 Å². The Kier molecular flexibility index (Phi) is 3.77. The third-order valence-corrected chi connectivity index (χ3v) is 8.28. The lowest BCUT2D eigenvalue weighted by atomic mass is 9.51. The highest BCUT2D eigenvalue weighted by atomic mass is 19.1. The van der Waals surface area contributed by atoms with Crippen LogP contribution >= 0.6 is 0 Å². The molecular formula is C21H31FO2. The molecule has 3 heteroatoms. The number of rotatable bonds is 1. The van der Waals surface area contributed by atoms with Crippen LogP contribution in [0.4, 0.5) is 4.39 Å². The number of Topliss-reactive ketones (excluding diaryl/α,β-unsaturated/α-hetero) is 1. The van der Waals surface area contributed by atoms with Gasteiger partial charge < -0.3 is 5.11 Å². The van der Waals surface area contributed by atoms with Gasteiger partial charge in [-0.25, -0.2) is 4.39 Å². The van der Waals surface area contributed by atoms with Gasteiger partial charge in [-0.1, -0.05) is 6.92 Å². The van der Waals surface area contributed by atoms with Gasteiger partial charge in [-0.2, -0.15) is 0 Å². The van der Waals surface area contributed by atoms with Crippen molar-refractivity contribution >= 4 is 5.78 Å². The maximum Gasteiger partial charge on any atom is 0.133 e. The molecule has 4 aliphatic carbocycles. The maximum absolute atomic E-state index is 15.0. The van der Waals surface area contributed by atoms with Crippen molar-refractivity contribution < 1.29 is 14.3 Å². The lowest BCUT2D eigenvalue weighted by Crippen LogP contribution is -2.48. The van der Waals surface area contributed by atoms with E-state index in [0.29, 0.717) is 42.3 Å². The van der Waals surface area contributed by atoms with E-state index in [1.165, 1.54) is 0 Å². The van der Waals surface area contributed by atoms with Gasteiger partial charge in [-0.05, 0) is 93.5 Å². The van der Waals surface area contributed by atoms with Gasteiger partial charge in [-0.15, -0.1) is 0 Å². The van der Waals surface area contributed by atoms with Crippen LogP contribution in [0.1, 0.15) is 72.1 Å². The molecule has 3 fully saturated rings. The predicted molar refractivity (Wildman–Crippen MR) is 91.9 cm³/mol. The average Bonchev–Trinajstić information content (AvgIpc) is 2.85. The van der Waals surface area contributed by atoms with Gasteiger partial charge in [-0.3, -0.25) is 4.79 Å². The van der Waals surface area contributed by atoms with Crippen molar-refractivity contribution in [1.82, 2.24) is 0 Å². The minimum absolute atomic E-state index is 0.0664. The molecule has 3 saturated carbocycles. The number of aliphatic hydroxyl groups is 1. The molecule has 0 amide bonds. The number of carbonyl (C=O) groups is 1. The number of ketones is 1. The number of allylic oxidation sites excluding steroid dienone is 1. The number of carbonyl (C=O) groups excluding carboxylic acids is 1. The fourth-order valence-corrected chi connectivity index (χ4v) is 7.16. The minimum atomic E-state index is -0.730. The molecule has 0 spiro atoms. The van der Waals surface area contributed by atoms with E-state index < -0.39 is 5.60 Å². The molecule has 0 saturated heterocycles. The Balaban J connectivity index is 1.65. The monoisotopic (exact) mass is 334 g/mol. The summed E-state index contributed by atoms with van der Waals surface area (Å²) in [5, 5.41) is 10.4. The van der Waals surface area contributed by atoms with Crippen LogP contribution in [-0.4, -0.2) is 16.5 Å². The molecule has 7 atom stereocenters. The molecule has 4 aliphatic rings. The number of hydrogen-bond acceptors (Lipinski definition) is 2. The van der Waals surface area contributed by atoms with E-state index in [-0.39, 0.29) is 17.2 Å². The quantitative estimate of drug-likeness (QED) is 0.747. The Labute approximate surface area is 144 Å². The van der Waals surface area contributed by atoms with E-state index in [4.69, 9.17) is 0 Å². The Hall–Kier alpha value is -0.700. The zero-order chi connectivity index (χ0) is 17.3. The highest BCUT2D eigenvalue weighted by Crippen LogP contribution is 2.64. The summed E-state index contributed by atoms with van der Waals surface area (Å²) < 4.78 is 15.0. The molecule has 1 N–H and O–H groups in total. The summed E-state index contributed by atoms with van der Waals surface area (Å²) in [5.74, 6) is 2.40. The predicted octanol–water partition coefficient (Wildman–Crippen LogP) is 4.81. The molecule has 0 aromatic heterocycles. The van der Waals surface area contributed by atoms with E-state index in [1.807, 2.05) is 6.92 Å². The smallest absolute Gasteiger partial charge is 0.133 e. The Morgan fingerprint density at radius 2 is 1.88 bits per heavy atom. The van der Waals surface area contributed by atoms with E-state index in [0.717, 1.165) is 44.1 Å². The van der Waals surface area contributed by atoms with Crippen molar-refractivity contribution in [3.63, 3.8) is 0 Å². The third kappa shape index (κ3) is 2.34. The second kappa shape index (κ2) is 5.40.